The van der Waals surface area contributed by atoms with E-state index < -0.39 is 0 Å². The molecule has 0 spiro atoms. The van der Waals surface area contributed by atoms with E-state index in [1.807, 2.05) is 24.5 Å². The number of nitrogens with two attached hydrogens (primary N) is 1. The zero-order chi connectivity index (χ0) is 13.1. The maximum absolute atomic E-state index is 5.92. The smallest absolute Gasteiger partial charge is 0.134 e. The second-order valence-electron chi connectivity index (χ2n) is 4.83. The summed E-state index contributed by atoms with van der Waals surface area (Å²) in [7, 11) is 0. The molecule has 0 saturated carbocycles. The van der Waals surface area contributed by atoms with Crippen LogP contribution in [0.3, 0.4) is 0 Å². The molecule has 1 aliphatic heterocycles. The van der Waals surface area contributed by atoms with E-state index in [0.717, 1.165) is 37.7 Å². The minimum atomic E-state index is 0.256. The molecular formula is C13H18N6. The van der Waals surface area contributed by atoms with Crippen LogP contribution in [0.2, 0.25) is 0 Å². The molecule has 0 radical (unpaired) electrons. The summed E-state index contributed by atoms with van der Waals surface area (Å²) in [4.78, 5) is 13.8. The van der Waals surface area contributed by atoms with E-state index >= 15 is 0 Å². The van der Waals surface area contributed by atoms with Gasteiger partial charge in [0.2, 0.25) is 0 Å². The van der Waals surface area contributed by atoms with Crippen molar-refractivity contribution in [2.75, 3.05) is 23.3 Å². The molecule has 3 rings (SSSR count). The van der Waals surface area contributed by atoms with Crippen LogP contribution >= 0.6 is 0 Å². The minimum absolute atomic E-state index is 0.256. The summed E-state index contributed by atoms with van der Waals surface area (Å²) in [6.45, 7) is 2.59. The Morgan fingerprint density at radius 3 is 3.16 bits per heavy atom. The van der Waals surface area contributed by atoms with Crippen molar-refractivity contribution in [1.29, 1.82) is 0 Å². The summed E-state index contributed by atoms with van der Waals surface area (Å²) >= 11 is 0. The Morgan fingerprint density at radius 2 is 2.42 bits per heavy atom. The van der Waals surface area contributed by atoms with Crippen LogP contribution in [0.4, 0.5) is 11.6 Å². The van der Waals surface area contributed by atoms with Gasteiger partial charge in [-0.05, 0) is 18.1 Å². The zero-order valence-electron chi connectivity index (χ0n) is 10.7. The van der Waals surface area contributed by atoms with Crippen LogP contribution in [0.25, 0.3) is 0 Å². The zero-order valence-corrected chi connectivity index (χ0v) is 10.7. The van der Waals surface area contributed by atoms with Crippen molar-refractivity contribution in [3.8, 4) is 0 Å². The lowest BCUT2D eigenvalue weighted by atomic mass is 10.3. The van der Waals surface area contributed by atoms with Crippen molar-refractivity contribution in [3.63, 3.8) is 0 Å². The Morgan fingerprint density at radius 1 is 1.47 bits per heavy atom. The molecule has 0 bridgehead atoms. The standard InChI is InChI=1S/C13H18N6/c14-11-2-4-19(8-11)13-5-12(17-9-18-13)16-7-10-1-3-15-6-10/h1,3,5-6,9,11,15H,2,4,7-8,14H2,(H,16,17,18). The monoisotopic (exact) mass is 258 g/mol. The molecule has 0 amide bonds. The van der Waals surface area contributed by atoms with Crippen molar-refractivity contribution >= 4 is 11.6 Å². The van der Waals surface area contributed by atoms with Gasteiger partial charge >= 0.3 is 0 Å². The fourth-order valence-electron chi connectivity index (χ4n) is 2.27. The first-order valence-corrected chi connectivity index (χ1v) is 6.49. The van der Waals surface area contributed by atoms with E-state index in [9.17, 15) is 0 Å². The third-order valence-electron chi connectivity index (χ3n) is 3.34. The van der Waals surface area contributed by atoms with Gasteiger partial charge in [-0.3, -0.25) is 0 Å². The predicted octanol–water partition coefficient (Wildman–Crippen LogP) is 0.954. The van der Waals surface area contributed by atoms with Crippen molar-refractivity contribution in [2.24, 2.45) is 5.73 Å². The molecule has 6 nitrogen and oxygen atoms in total. The maximum atomic E-state index is 5.92. The highest BCUT2D eigenvalue weighted by Gasteiger charge is 2.20. The van der Waals surface area contributed by atoms with Crippen molar-refractivity contribution in [1.82, 2.24) is 15.0 Å². The second kappa shape index (κ2) is 5.27. The Labute approximate surface area is 112 Å². The van der Waals surface area contributed by atoms with Crippen molar-refractivity contribution in [3.05, 3.63) is 36.4 Å². The number of aromatic amines is 1. The van der Waals surface area contributed by atoms with E-state index in [2.05, 4.69) is 25.2 Å². The number of rotatable bonds is 4. The van der Waals surface area contributed by atoms with E-state index in [0.29, 0.717) is 0 Å². The molecule has 100 valence electrons. The molecule has 1 fully saturated rings. The summed E-state index contributed by atoms with van der Waals surface area (Å²) in [5, 5.41) is 3.29. The van der Waals surface area contributed by atoms with Crippen LogP contribution in [0, 0.1) is 0 Å². The number of H-pyrrole nitrogens is 1. The van der Waals surface area contributed by atoms with Gasteiger partial charge < -0.3 is 20.9 Å². The van der Waals surface area contributed by atoms with Crippen LogP contribution in [-0.2, 0) is 6.54 Å². The number of hydrogen-bond donors (Lipinski definition) is 3. The van der Waals surface area contributed by atoms with Crippen LogP contribution in [0.15, 0.2) is 30.9 Å². The van der Waals surface area contributed by atoms with Gasteiger partial charge in [0.15, 0.2) is 0 Å². The van der Waals surface area contributed by atoms with Crippen LogP contribution < -0.4 is 16.0 Å². The first-order chi connectivity index (χ1) is 9.31. The van der Waals surface area contributed by atoms with Crippen LogP contribution in [-0.4, -0.2) is 34.1 Å². The Bertz CT molecular complexity index is 524. The normalized spacial score (nSPS) is 18.8. The summed E-state index contributed by atoms with van der Waals surface area (Å²) in [5.41, 5.74) is 7.12. The van der Waals surface area contributed by atoms with E-state index in [1.165, 1.54) is 5.56 Å². The van der Waals surface area contributed by atoms with Gasteiger partial charge in [-0.25, -0.2) is 9.97 Å². The third-order valence-corrected chi connectivity index (χ3v) is 3.34. The molecule has 3 heterocycles. The predicted molar refractivity (Wildman–Crippen MR) is 75.0 cm³/mol. The lowest BCUT2D eigenvalue weighted by Crippen LogP contribution is -2.26. The molecule has 1 saturated heterocycles. The minimum Gasteiger partial charge on any atom is -0.367 e. The largest absolute Gasteiger partial charge is 0.367 e. The first kappa shape index (κ1) is 12.0. The number of nitrogens with zero attached hydrogens (tertiary/aromatic N) is 3. The fourth-order valence-corrected chi connectivity index (χ4v) is 2.27. The number of aromatic nitrogens is 3. The third kappa shape index (κ3) is 2.85. The average Bonchev–Trinajstić information content (AvgIpc) is 3.08. The SMILES string of the molecule is NC1CCN(c2cc(NCc3cc[nH]c3)ncn2)C1. The molecule has 1 aliphatic rings. The van der Waals surface area contributed by atoms with Gasteiger partial charge in [0.25, 0.3) is 0 Å². The Balaban J connectivity index is 1.66. The van der Waals surface area contributed by atoms with E-state index in [4.69, 9.17) is 5.73 Å². The lowest BCUT2D eigenvalue weighted by Gasteiger charge is -2.17. The quantitative estimate of drug-likeness (QED) is 0.760. The highest BCUT2D eigenvalue weighted by atomic mass is 15.2. The van der Waals surface area contributed by atoms with Gasteiger partial charge in [0.1, 0.15) is 18.0 Å². The summed E-state index contributed by atoms with van der Waals surface area (Å²) in [6, 6.07) is 4.27. The molecule has 1 unspecified atom stereocenters. The van der Waals surface area contributed by atoms with Gasteiger partial charge in [-0.15, -0.1) is 0 Å². The first-order valence-electron chi connectivity index (χ1n) is 6.49. The van der Waals surface area contributed by atoms with Crippen LogP contribution in [0.1, 0.15) is 12.0 Å². The average molecular weight is 258 g/mol. The second-order valence-corrected chi connectivity index (χ2v) is 4.83. The highest BCUT2D eigenvalue weighted by Crippen LogP contribution is 2.19. The molecular weight excluding hydrogens is 240 g/mol. The van der Waals surface area contributed by atoms with Gasteiger partial charge in [-0.1, -0.05) is 0 Å². The number of hydrogen-bond acceptors (Lipinski definition) is 5. The molecule has 6 heteroatoms. The molecule has 0 aliphatic carbocycles. The highest BCUT2D eigenvalue weighted by molar-refractivity contribution is 5.49. The topological polar surface area (TPSA) is 82.9 Å². The fraction of sp³-hybridized carbons (Fsp3) is 0.385. The molecule has 19 heavy (non-hydrogen) atoms. The van der Waals surface area contributed by atoms with Gasteiger partial charge in [0, 0.05) is 44.1 Å². The Hall–Kier alpha value is -2.08. The molecule has 4 N–H and O–H groups in total. The van der Waals surface area contributed by atoms with Gasteiger partial charge in [-0.2, -0.15) is 0 Å². The molecule has 1 atom stereocenters. The van der Waals surface area contributed by atoms with Crippen LogP contribution in [0.5, 0.6) is 0 Å². The van der Waals surface area contributed by atoms with Crippen molar-refractivity contribution < 1.29 is 0 Å². The maximum Gasteiger partial charge on any atom is 0.134 e. The number of anilines is 2. The summed E-state index contributed by atoms with van der Waals surface area (Å²) in [5.74, 6) is 1.78. The molecule has 2 aromatic rings. The molecule has 2 aromatic heterocycles. The Kier molecular flexibility index (Phi) is 3.33. The number of nitrogens with one attached hydrogen (secondary N) is 2. The summed E-state index contributed by atoms with van der Waals surface area (Å²) < 4.78 is 0. The van der Waals surface area contributed by atoms with Gasteiger partial charge in [0.05, 0.1) is 0 Å². The molecule has 0 aromatic carbocycles. The van der Waals surface area contributed by atoms with E-state index in [-0.39, 0.29) is 6.04 Å². The van der Waals surface area contributed by atoms with E-state index in [1.54, 1.807) is 6.33 Å². The lowest BCUT2D eigenvalue weighted by molar-refractivity contribution is 0.751. The summed E-state index contributed by atoms with van der Waals surface area (Å²) in [6.07, 6.45) is 6.50. The van der Waals surface area contributed by atoms with Crippen molar-refractivity contribution in [2.45, 2.75) is 19.0 Å².